The van der Waals surface area contributed by atoms with E-state index in [-0.39, 0.29) is 4.90 Å². The average Bonchev–Trinajstić information content (AvgIpc) is 2.28. The van der Waals surface area contributed by atoms with Gasteiger partial charge in [0.15, 0.2) is 0 Å². The van der Waals surface area contributed by atoms with Crippen molar-refractivity contribution < 1.29 is 8.42 Å². The highest BCUT2D eigenvalue weighted by molar-refractivity contribution is 7.89. The molecule has 102 valence electrons. The molecule has 0 spiro atoms. The van der Waals surface area contributed by atoms with E-state index >= 15 is 0 Å². The molecule has 0 atom stereocenters. The third kappa shape index (κ3) is 3.86. The SMILES string of the molecule is CNc1ccc(N)cc1S(=O)(=O)NCCN(C)C. The topological polar surface area (TPSA) is 87.5 Å². The van der Waals surface area contributed by atoms with Crippen molar-refractivity contribution in [3.63, 3.8) is 0 Å². The summed E-state index contributed by atoms with van der Waals surface area (Å²) in [5.41, 5.74) is 6.58. The molecule has 4 N–H and O–H groups in total. The normalized spacial score (nSPS) is 11.8. The minimum absolute atomic E-state index is 0.170. The van der Waals surface area contributed by atoms with E-state index < -0.39 is 10.0 Å². The van der Waals surface area contributed by atoms with Gasteiger partial charge in [0, 0.05) is 25.8 Å². The van der Waals surface area contributed by atoms with Gasteiger partial charge in [-0.15, -0.1) is 0 Å². The van der Waals surface area contributed by atoms with Crippen molar-refractivity contribution in [1.29, 1.82) is 0 Å². The maximum atomic E-state index is 12.1. The zero-order valence-electron chi connectivity index (χ0n) is 10.9. The number of nitrogens with two attached hydrogens (primary N) is 1. The average molecular weight is 272 g/mol. The molecule has 0 aliphatic rings. The zero-order valence-corrected chi connectivity index (χ0v) is 11.7. The standard InChI is InChI=1S/C11H20N4O2S/c1-13-10-5-4-9(12)8-11(10)18(16,17)14-6-7-15(2)3/h4-5,8,13-14H,6-7,12H2,1-3H3. The van der Waals surface area contributed by atoms with Gasteiger partial charge in [0.2, 0.25) is 10.0 Å². The predicted octanol–water partition coefficient (Wildman–Crippen LogP) is 0.150. The second kappa shape index (κ2) is 6.03. The lowest BCUT2D eigenvalue weighted by molar-refractivity contribution is 0.412. The van der Waals surface area contributed by atoms with Crippen molar-refractivity contribution in [3.05, 3.63) is 18.2 Å². The lowest BCUT2D eigenvalue weighted by Crippen LogP contribution is -2.31. The number of anilines is 2. The Hall–Kier alpha value is -1.31. The van der Waals surface area contributed by atoms with E-state index in [1.807, 2.05) is 19.0 Å². The first-order valence-electron chi connectivity index (χ1n) is 5.58. The first-order chi connectivity index (χ1) is 8.36. The van der Waals surface area contributed by atoms with Crippen molar-refractivity contribution >= 4 is 21.4 Å². The second-order valence-electron chi connectivity index (χ2n) is 4.21. The van der Waals surface area contributed by atoms with Gasteiger partial charge < -0.3 is 16.0 Å². The van der Waals surface area contributed by atoms with Crippen LogP contribution in [0.3, 0.4) is 0 Å². The molecule has 0 unspecified atom stereocenters. The Morgan fingerprint density at radius 3 is 2.56 bits per heavy atom. The Bertz CT molecular complexity index is 500. The van der Waals surface area contributed by atoms with Crippen LogP contribution in [0.4, 0.5) is 11.4 Å². The number of sulfonamides is 1. The third-order valence-electron chi connectivity index (χ3n) is 2.42. The van der Waals surface area contributed by atoms with Crippen molar-refractivity contribution in [2.24, 2.45) is 0 Å². The summed E-state index contributed by atoms with van der Waals surface area (Å²) in [7, 11) is 1.90. The van der Waals surface area contributed by atoms with Crippen LogP contribution in [0, 0.1) is 0 Å². The molecule has 0 heterocycles. The van der Waals surface area contributed by atoms with Gasteiger partial charge >= 0.3 is 0 Å². The van der Waals surface area contributed by atoms with Gasteiger partial charge in [-0.3, -0.25) is 0 Å². The number of nitrogens with one attached hydrogen (secondary N) is 2. The Morgan fingerprint density at radius 1 is 1.33 bits per heavy atom. The molecule has 0 bridgehead atoms. The minimum atomic E-state index is -3.54. The van der Waals surface area contributed by atoms with E-state index in [4.69, 9.17) is 5.73 Å². The highest BCUT2D eigenvalue weighted by atomic mass is 32.2. The lowest BCUT2D eigenvalue weighted by atomic mass is 10.3. The summed E-state index contributed by atoms with van der Waals surface area (Å²) in [5.74, 6) is 0. The van der Waals surface area contributed by atoms with Crippen molar-refractivity contribution in [2.45, 2.75) is 4.90 Å². The van der Waals surface area contributed by atoms with Crippen LogP contribution in [0.5, 0.6) is 0 Å². The number of hydrogen-bond donors (Lipinski definition) is 3. The molecule has 0 aliphatic heterocycles. The monoisotopic (exact) mass is 272 g/mol. The van der Waals surface area contributed by atoms with Crippen LogP contribution >= 0.6 is 0 Å². The number of hydrogen-bond acceptors (Lipinski definition) is 5. The summed E-state index contributed by atoms with van der Waals surface area (Å²) >= 11 is 0. The molecule has 0 fully saturated rings. The number of likely N-dealkylation sites (N-methyl/N-ethyl adjacent to an activating group) is 1. The summed E-state index contributed by atoms with van der Waals surface area (Å²) in [4.78, 5) is 2.07. The highest BCUT2D eigenvalue weighted by Gasteiger charge is 2.17. The van der Waals surface area contributed by atoms with Crippen LogP contribution in [-0.2, 0) is 10.0 Å². The molecule has 0 amide bonds. The number of nitrogens with zero attached hydrogens (tertiary/aromatic N) is 1. The van der Waals surface area contributed by atoms with Crippen molar-refractivity contribution in [1.82, 2.24) is 9.62 Å². The summed E-state index contributed by atoms with van der Waals surface area (Å²) in [5, 5.41) is 2.84. The lowest BCUT2D eigenvalue weighted by Gasteiger charge is -2.13. The van der Waals surface area contributed by atoms with Gasteiger partial charge in [-0.2, -0.15) is 0 Å². The molecule has 0 aliphatic carbocycles. The summed E-state index contributed by atoms with van der Waals surface area (Å²) in [6, 6.07) is 4.75. The van der Waals surface area contributed by atoms with Crippen molar-refractivity contribution in [2.75, 3.05) is 45.3 Å². The van der Waals surface area contributed by atoms with E-state index in [1.54, 1.807) is 19.2 Å². The van der Waals surface area contributed by atoms with Gasteiger partial charge in [0.25, 0.3) is 0 Å². The van der Waals surface area contributed by atoms with Crippen LogP contribution < -0.4 is 15.8 Å². The molecule has 0 saturated heterocycles. The minimum Gasteiger partial charge on any atom is -0.399 e. The highest BCUT2D eigenvalue weighted by Crippen LogP contribution is 2.23. The Labute approximate surface area is 108 Å². The Kier molecular flexibility index (Phi) is 4.94. The molecule has 1 aromatic rings. The van der Waals surface area contributed by atoms with Gasteiger partial charge in [0.05, 0.1) is 5.69 Å². The molecule has 1 rings (SSSR count). The molecule has 0 saturated carbocycles. The zero-order chi connectivity index (χ0) is 13.8. The Morgan fingerprint density at radius 2 is 2.00 bits per heavy atom. The number of benzene rings is 1. The van der Waals surface area contributed by atoms with E-state index in [0.29, 0.717) is 24.5 Å². The third-order valence-corrected chi connectivity index (χ3v) is 3.92. The van der Waals surface area contributed by atoms with Crippen LogP contribution in [0.15, 0.2) is 23.1 Å². The quantitative estimate of drug-likeness (QED) is 0.642. The molecule has 0 radical (unpaired) electrons. The summed E-state index contributed by atoms with van der Waals surface area (Å²) in [6.07, 6.45) is 0. The molecular weight excluding hydrogens is 252 g/mol. The van der Waals surface area contributed by atoms with E-state index in [0.717, 1.165) is 0 Å². The fraction of sp³-hybridized carbons (Fsp3) is 0.455. The van der Waals surface area contributed by atoms with E-state index in [1.165, 1.54) is 6.07 Å². The van der Waals surface area contributed by atoms with Gasteiger partial charge in [-0.1, -0.05) is 0 Å². The number of rotatable bonds is 6. The predicted molar refractivity (Wildman–Crippen MR) is 74.1 cm³/mol. The molecule has 18 heavy (non-hydrogen) atoms. The van der Waals surface area contributed by atoms with E-state index in [2.05, 4.69) is 10.0 Å². The van der Waals surface area contributed by atoms with Gasteiger partial charge in [-0.25, -0.2) is 13.1 Å². The van der Waals surface area contributed by atoms with Gasteiger partial charge in [-0.05, 0) is 32.3 Å². The molecule has 6 nitrogen and oxygen atoms in total. The van der Waals surface area contributed by atoms with Gasteiger partial charge in [0.1, 0.15) is 4.90 Å². The molecule has 1 aromatic carbocycles. The summed E-state index contributed by atoms with van der Waals surface area (Å²) < 4.78 is 26.8. The first-order valence-corrected chi connectivity index (χ1v) is 7.07. The maximum absolute atomic E-state index is 12.1. The second-order valence-corrected chi connectivity index (χ2v) is 5.94. The molecule has 7 heteroatoms. The first kappa shape index (κ1) is 14.7. The van der Waals surface area contributed by atoms with Crippen LogP contribution in [0.1, 0.15) is 0 Å². The van der Waals surface area contributed by atoms with Crippen molar-refractivity contribution in [3.8, 4) is 0 Å². The molecular formula is C11H20N4O2S. The smallest absolute Gasteiger partial charge is 0.242 e. The van der Waals surface area contributed by atoms with Crippen LogP contribution in [-0.4, -0.2) is 47.6 Å². The van der Waals surface area contributed by atoms with Crippen LogP contribution in [0.25, 0.3) is 0 Å². The number of nitrogen functional groups attached to an aromatic ring is 1. The Balaban J connectivity index is 2.93. The maximum Gasteiger partial charge on any atom is 0.242 e. The molecule has 0 aromatic heterocycles. The largest absolute Gasteiger partial charge is 0.399 e. The van der Waals surface area contributed by atoms with Crippen LogP contribution in [0.2, 0.25) is 0 Å². The van der Waals surface area contributed by atoms with E-state index in [9.17, 15) is 8.42 Å². The summed E-state index contributed by atoms with van der Waals surface area (Å²) in [6.45, 7) is 0.990. The fourth-order valence-corrected chi connectivity index (χ4v) is 2.72. The fourth-order valence-electron chi connectivity index (χ4n) is 1.45.